The van der Waals surface area contributed by atoms with E-state index in [4.69, 9.17) is 4.74 Å². The van der Waals surface area contributed by atoms with E-state index in [0.29, 0.717) is 23.8 Å². The number of allylic oxidation sites excluding steroid dienone is 1. The van der Waals surface area contributed by atoms with Crippen molar-refractivity contribution in [3.8, 4) is 0 Å². The third-order valence-electron chi connectivity index (χ3n) is 4.10. The Balaban J connectivity index is 1.92. The van der Waals surface area contributed by atoms with Crippen molar-refractivity contribution in [2.45, 2.75) is 39.2 Å². The fourth-order valence-corrected chi connectivity index (χ4v) is 3.09. The number of carbonyl (C=O) groups is 1. The summed E-state index contributed by atoms with van der Waals surface area (Å²) in [5.74, 6) is 0.170. The lowest BCUT2D eigenvalue weighted by Gasteiger charge is -2.27. The number of nitrogens with zero attached hydrogens (tertiary/aromatic N) is 4. The Morgan fingerprint density at radius 3 is 2.80 bits per heavy atom. The Kier molecular flexibility index (Phi) is 5.47. The highest BCUT2D eigenvalue weighted by Crippen LogP contribution is 2.35. The molecule has 1 atom stereocenters. The maximum Gasteiger partial charge on any atom is 0.338 e. The predicted molar refractivity (Wildman–Crippen MR) is 96.9 cm³/mol. The number of esters is 1. The van der Waals surface area contributed by atoms with E-state index in [1.807, 2.05) is 31.2 Å². The first kappa shape index (κ1) is 17.6. The van der Waals surface area contributed by atoms with Crippen molar-refractivity contribution >= 4 is 27.8 Å². The first-order valence-corrected chi connectivity index (χ1v) is 9.09. The van der Waals surface area contributed by atoms with Crippen LogP contribution >= 0.6 is 15.9 Å². The third kappa shape index (κ3) is 3.73. The molecule has 0 spiro atoms. The fourth-order valence-electron chi connectivity index (χ4n) is 2.82. The standard InChI is InChI=1S/C17H20BrN5O2/c1-3-4-5-10-25-16(24)14-11(2)19-17-20-21-22-23(17)15(14)12-6-8-13(18)9-7-12/h6-9,15H,3-5,10H2,1-2H3,(H,19,20,22). The summed E-state index contributed by atoms with van der Waals surface area (Å²) in [7, 11) is 0. The minimum absolute atomic E-state index is 0.338. The van der Waals surface area contributed by atoms with Crippen molar-refractivity contribution in [2.24, 2.45) is 0 Å². The quantitative estimate of drug-likeness (QED) is 0.585. The number of carbonyl (C=O) groups excluding carboxylic acids is 1. The van der Waals surface area contributed by atoms with E-state index in [0.717, 1.165) is 29.3 Å². The van der Waals surface area contributed by atoms with Crippen LogP contribution in [-0.2, 0) is 9.53 Å². The molecule has 25 heavy (non-hydrogen) atoms. The maximum atomic E-state index is 12.7. The zero-order valence-corrected chi connectivity index (χ0v) is 15.8. The average Bonchev–Trinajstić information content (AvgIpc) is 3.06. The van der Waals surface area contributed by atoms with E-state index in [1.54, 1.807) is 4.68 Å². The number of unbranched alkanes of at least 4 members (excludes halogenated alkanes) is 2. The minimum Gasteiger partial charge on any atom is -0.462 e. The molecule has 132 valence electrons. The number of fused-ring (bicyclic) bond motifs is 1. The van der Waals surface area contributed by atoms with Gasteiger partial charge in [-0.2, -0.15) is 4.68 Å². The molecule has 0 saturated heterocycles. The molecular formula is C17H20BrN5O2. The van der Waals surface area contributed by atoms with Crippen LogP contribution in [0.3, 0.4) is 0 Å². The molecule has 1 unspecified atom stereocenters. The molecule has 3 rings (SSSR count). The van der Waals surface area contributed by atoms with Crippen LogP contribution in [0.2, 0.25) is 0 Å². The molecule has 0 fully saturated rings. The molecule has 2 aromatic rings. The smallest absolute Gasteiger partial charge is 0.338 e. The van der Waals surface area contributed by atoms with Gasteiger partial charge < -0.3 is 10.1 Å². The van der Waals surface area contributed by atoms with Crippen molar-refractivity contribution < 1.29 is 9.53 Å². The molecule has 0 aliphatic carbocycles. The Morgan fingerprint density at radius 1 is 1.32 bits per heavy atom. The molecule has 0 amide bonds. The van der Waals surface area contributed by atoms with Crippen molar-refractivity contribution in [1.82, 2.24) is 20.2 Å². The molecule has 0 radical (unpaired) electrons. The normalized spacial score (nSPS) is 16.4. The summed E-state index contributed by atoms with van der Waals surface area (Å²) in [5.41, 5.74) is 2.15. The molecule has 7 nitrogen and oxygen atoms in total. The second kappa shape index (κ2) is 7.77. The van der Waals surface area contributed by atoms with Crippen LogP contribution in [0.25, 0.3) is 0 Å². The summed E-state index contributed by atoms with van der Waals surface area (Å²) in [6, 6.07) is 7.34. The number of benzene rings is 1. The predicted octanol–water partition coefficient (Wildman–Crippen LogP) is 3.46. The van der Waals surface area contributed by atoms with Gasteiger partial charge in [0.2, 0.25) is 5.95 Å². The van der Waals surface area contributed by atoms with Crippen LogP contribution in [-0.4, -0.2) is 32.8 Å². The van der Waals surface area contributed by atoms with Crippen LogP contribution < -0.4 is 5.32 Å². The number of aromatic nitrogens is 4. The Hall–Kier alpha value is -2.22. The van der Waals surface area contributed by atoms with Gasteiger partial charge in [-0.05, 0) is 41.5 Å². The zero-order valence-electron chi connectivity index (χ0n) is 14.2. The third-order valence-corrected chi connectivity index (χ3v) is 4.63. The summed E-state index contributed by atoms with van der Waals surface area (Å²) in [5, 5.41) is 14.8. The Morgan fingerprint density at radius 2 is 2.08 bits per heavy atom. The Bertz CT molecular complexity index is 785. The lowest BCUT2D eigenvalue weighted by atomic mass is 9.96. The van der Waals surface area contributed by atoms with E-state index < -0.39 is 6.04 Å². The number of anilines is 1. The van der Waals surface area contributed by atoms with Gasteiger partial charge in [-0.3, -0.25) is 0 Å². The molecule has 1 aromatic heterocycles. The first-order valence-electron chi connectivity index (χ1n) is 8.30. The van der Waals surface area contributed by atoms with Gasteiger partial charge in [-0.15, -0.1) is 0 Å². The summed E-state index contributed by atoms with van der Waals surface area (Å²) in [4.78, 5) is 12.7. The van der Waals surface area contributed by atoms with Crippen LogP contribution in [0.1, 0.15) is 44.7 Å². The van der Waals surface area contributed by atoms with Gasteiger partial charge in [0, 0.05) is 10.2 Å². The highest BCUT2D eigenvalue weighted by Gasteiger charge is 2.34. The number of tetrazole rings is 1. The van der Waals surface area contributed by atoms with Crippen LogP contribution in [0.4, 0.5) is 5.95 Å². The highest BCUT2D eigenvalue weighted by atomic mass is 79.9. The largest absolute Gasteiger partial charge is 0.462 e. The van der Waals surface area contributed by atoms with Crippen LogP contribution in [0.5, 0.6) is 0 Å². The molecule has 8 heteroatoms. The van der Waals surface area contributed by atoms with Gasteiger partial charge in [-0.25, -0.2) is 4.79 Å². The van der Waals surface area contributed by atoms with Gasteiger partial charge in [0.05, 0.1) is 12.2 Å². The molecule has 0 saturated carbocycles. The van der Waals surface area contributed by atoms with Crippen LogP contribution in [0.15, 0.2) is 40.0 Å². The second-order valence-corrected chi connectivity index (χ2v) is 6.82. The van der Waals surface area contributed by atoms with Crippen LogP contribution in [0, 0.1) is 0 Å². The van der Waals surface area contributed by atoms with E-state index >= 15 is 0 Å². The van der Waals surface area contributed by atoms with Crippen molar-refractivity contribution in [1.29, 1.82) is 0 Å². The summed E-state index contributed by atoms with van der Waals surface area (Å²) in [6.45, 7) is 4.37. The van der Waals surface area contributed by atoms with Gasteiger partial charge in [0.1, 0.15) is 6.04 Å². The Labute approximate surface area is 154 Å². The molecule has 2 heterocycles. The lowest BCUT2D eigenvalue weighted by Crippen LogP contribution is -2.29. The topological polar surface area (TPSA) is 81.9 Å². The SMILES string of the molecule is CCCCCOC(=O)C1=C(C)Nc2nnnn2C1c1ccc(Br)cc1. The second-order valence-electron chi connectivity index (χ2n) is 5.91. The molecule has 1 aliphatic heterocycles. The number of hydrogen-bond donors (Lipinski definition) is 1. The van der Waals surface area contributed by atoms with E-state index in [2.05, 4.69) is 43.7 Å². The molecule has 0 bridgehead atoms. The monoisotopic (exact) mass is 405 g/mol. The highest BCUT2D eigenvalue weighted by molar-refractivity contribution is 9.10. The molecule has 1 aliphatic rings. The van der Waals surface area contributed by atoms with E-state index in [9.17, 15) is 4.79 Å². The van der Waals surface area contributed by atoms with Crippen molar-refractivity contribution in [3.63, 3.8) is 0 Å². The number of hydrogen-bond acceptors (Lipinski definition) is 6. The molecule has 1 N–H and O–H groups in total. The van der Waals surface area contributed by atoms with Gasteiger partial charge in [0.15, 0.2) is 0 Å². The number of rotatable bonds is 6. The maximum absolute atomic E-state index is 12.7. The molecule has 1 aromatic carbocycles. The van der Waals surface area contributed by atoms with Crippen molar-refractivity contribution in [3.05, 3.63) is 45.6 Å². The fraction of sp³-hybridized carbons (Fsp3) is 0.412. The van der Waals surface area contributed by atoms with Gasteiger partial charge in [0.25, 0.3) is 0 Å². The lowest BCUT2D eigenvalue weighted by molar-refractivity contribution is -0.139. The van der Waals surface area contributed by atoms with Gasteiger partial charge in [-0.1, -0.05) is 52.9 Å². The van der Waals surface area contributed by atoms with E-state index in [1.165, 1.54) is 0 Å². The first-order chi connectivity index (χ1) is 12.1. The van der Waals surface area contributed by atoms with Crippen molar-refractivity contribution in [2.75, 3.05) is 11.9 Å². The number of nitrogens with one attached hydrogen (secondary N) is 1. The summed E-state index contributed by atoms with van der Waals surface area (Å²) in [6.07, 6.45) is 2.98. The van der Waals surface area contributed by atoms with E-state index in [-0.39, 0.29) is 5.97 Å². The summed E-state index contributed by atoms with van der Waals surface area (Å²) < 4.78 is 8.07. The van der Waals surface area contributed by atoms with Gasteiger partial charge >= 0.3 is 5.97 Å². The minimum atomic E-state index is -0.418. The number of halogens is 1. The molecular weight excluding hydrogens is 386 g/mol. The average molecular weight is 406 g/mol. The number of ether oxygens (including phenoxy) is 1. The summed E-state index contributed by atoms with van der Waals surface area (Å²) >= 11 is 3.44. The zero-order chi connectivity index (χ0) is 17.8.